The van der Waals surface area contributed by atoms with Crippen LogP contribution in [0.1, 0.15) is 54.9 Å². The number of benzene rings is 1. The lowest BCUT2D eigenvalue weighted by molar-refractivity contribution is -0.104. The second-order valence-corrected chi connectivity index (χ2v) is 5.81. The fourth-order valence-electron chi connectivity index (χ4n) is 2.45. The van der Waals surface area contributed by atoms with Gasteiger partial charge in [0.2, 0.25) is 0 Å². The molecule has 0 aliphatic rings. The van der Waals surface area contributed by atoms with Crippen LogP contribution >= 0.6 is 11.6 Å². The van der Waals surface area contributed by atoms with Crippen molar-refractivity contribution < 1.29 is 14.7 Å². The number of halogens is 1. The molecule has 0 saturated carbocycles. The van der Waals surface area contributed by atoms with Crippen molar-refractivity contribution in [3.8, 4) is 5.75 Å². The van der Waals surface area contributed by atoms with Crippen LogP contribution in [0.5, 0.6) is 5.75 Å². The van der Waals surface area contributed by atoms with E-state index < -0.39 is 0 Å². The SMILES string of the molecule is CCc1c(Cl)c(N)cc(O)c1C(=O)CCC/C=C/CC/C=C/C=O. The monoisotopic (exact) mass is 349 g/mol. The predicted octanol–water partition coefficient (Wildman–Crippen LogP) is 4.63. The largest absolute Gasteiger partial charge is 0.507 e. The first-order chi connectivity index (χ1) is 11.5. The summed E-state index contributed by atoms with van der Waals surface area (Å²) >= 11 is 6.14. The standard InChI is InChI=1S/C19H24ClNO3/c1-2-14-18(17(24)13-15(21)19(14)20)16(23)11-9-7-5-3-4-6-8-10-12-22/h3,5,8,10,12-13,24H,2,4,6-7,9,11,21H2,1H3/b5-3+,10-8+. The highest BCUT2D eigenvalue weighted by molar-refractivity contribution is 6.34. The Morgan fingerprint density at radius 3 is 2.58 bits per heavy atom. The first-order valence-electron chi connectivity index (χ1n) is 8.11. The summed E-state index contributed by atoms with van der Waals surface area (Å²) in [5.41, 5.74) is 6.91. The summed E-state index contributed by atoms with van der Waals surface area (Å²) in [6.07, 6.45) is 12.2. The van der Waals surface area contributed by atoms with Gasteiger partial charge in [-0.2, -0.15) is 0 Å². The second kappa shape index (κ2) is 10.7. The van der Waals surface area contributed by atoms with E-state index in [1.807, 2.05) is 25.2 Å². The number of carbonyl (C=O) groups excluding carboxylic acids is 2. The lowest BCUT2D eigenvalue weighted by Gasteiger charge is -2.13. The molecule has 0 atom stereocenters. The van der Waals surface area contributed by atoms with Crippen molar-refractivity contribution >= 4 is 29.4 Å². The average Bonchev–Trinajstić information content (AvgIpc) is 2.56. The summed E-state index contributed by atoms with van der Waals surface area (Å²) in [5, 5.41) is 10.4. The number of aldehydes is 1. The van der Waals surface area contributed by atoms with E-state index in [9.17, 15) is 14.7 Å². The smallest absolute Gasteiger partial charge is 0.166 e. The van der Waals surface area contributed by atoms with Gasteiger partial charge in [-0.05, 0) is 43.7 Å². The second-order valence-electron chi connectivity index (χ2n) is 5.43. The molecule has 0 radical (unpaired) electrons. The molecular weight excluding hydrogens is 326 g/mol. The minimum atomic E-state index is -0.117. The third-order valence-corrected chi connectivity index (χ3v) is 4.10. The quantitative estimate of drug-likeness (QED) is 0.161. The minimum Gasteiger partial charge on any atom is -0.507 e. The fourth-order valence-corrected chi connectivity index (χ4v) is 2.73. The van der Waals surface area contributed by atoms with Crippen LogP contribution in [0.25, 0.3) is 0 Å². The zero-order valence-electron chi connectivity index (χ0n) is 13.9. The van der Waals surface area contributed by atoms with Gasteiger partial charge in [0.25, 0.3) is 0 Å². The van der Waals surface area contributed by atoms with Crippen molar-refractivity contribution in [2.45, 2.75) is 45.4 Å². The van der Waals surface area contributed by atoms with E-state index in [2.05, 4.69) is 0 Å². The Hall–Kier alpha value is -2.07. The zero-order chi connectivity index (χ0) is 17.9. The number of ketones is 1. The van der Waals surface area contributed by atoms with E-state index in [4.69, 9.17) is 17.3 Å². The van der Waals surface area contributed by atoms with Crippen LogP contribution in [0.2, 0.25) is 5.02 Å². The van der Waals surface area contributed by atoms with Crippen LogP contribution < -0.4 is 5.73 Å². The van der Waals surface area contributed by atoms with Crippen molar-refractivity contribution in [3.63, 3.8) is 0 Å². The number of hydrogen-bond donors (Lipinski definition) is 2. The Bertz CT molecular complexity index is 636. The van der Waals surface area contributed by atoms with Crippen molar-refractivity contribution in [1.29, 1.82) is 0 Å². The van der Waals surface area contributed by atoms with Crippen molar-refractivity contribution in [2.75, 3.05) is 5.73 Å². The summed E-state index contributed by atoms with van der Waals surface area (Å²) in [6, 6.07) is 1.33. The molecule has 1 aromatic rings. The topological polar surface area (TPSA) is 80.4 Å². The molecule has 0 aromatic heterocycles. The molecule has 24 heavy (non-hydrogen) atoms. The van der Waals surface area contributed by atoms with Gasteiger partial charge < -0.3 is 10.8 Å². The number of unbranched alkanes of at least 4 members (excludes halogenated alkanes) is 2. The molecule has 0 aliphatic carbocycles. The van der Waals surface area contributed by atoms with Gasteiger partial charge in [-0.25, -0.2) is 0 Å². The Kier molecular flexibility index (Phi) is 8.87. The van der Waals surface area contributed by atoms with Gasteiger partial charge in [-0.1, -0.05) is 36.8 Å². The van der Waals surface area contributed by atoms with Gasteiger partial charge in [-0.15, -0.1) is 0 Å². The summed E-state index contributed by atoms with van der Waals surface area (Å²) in [5.74, 6) is -0.218. The Labute approximate surface area is 148 Å². The van der Waals surface area contributed by atoms with Crippen LogP contribution in [0, 0.1) is 0 Å². The van der Waals surface area contributed by atoms with Gasteiger partial charge >= 0.3 is 0 Å². The molecule has 4 nitrogen and oxygen atoms in total. The minimum absolute atomic E-state index is 0.101. The van der Waals surface area contributed by atoms with Crippen LogP contribution in [-0.4, -0.2) is 17.2 Å². The average molecular weight is 350 g/mol. The van der Waals surface area contributed by atoms with Crippen LogP contribution in [0.3, 0.4) is 0 Å². The van der Waals surface area contributed by atoms with E-state index in [0.717, 1.165) is 25.5 Å². The first kappa shape index (κ1) is 20.0. The molecule has 130 valence electrons. The number of carbonyl (C=O) groups is 2. The highest BCUT2D eigenvalue weighted by atomic mass is 35.5. The number of allylic oxidation sites excluding steroid dienone is 4. The molecule has 0 aliphatic heterocycles. The number of nitrogens with two attached hydrogens (primary N) is 1. The van der Waals surface area contributed by atoms with Gasteiger partial charge in [-0.3, -0.25) is 9.59 Å². The number of aromatic hydroxyl groups is 1. The molecule has 0 amide bonds. The molecule has 0 heterocycles. The van der Waals surface area contributed by atoms with E-state index >= 15 is 0 Å². The number of phenols is 1. The van der Waals surface area contributed by atoms with Crippen LogP contribution in [-0.2, 0) is 11.2 Å². The van der Waals surface area contributed by atoms with Gasteiger partial charge in [0.1, 0.15) is 12.0 Å². The predicted molar refractivity (Wildman–Crippen MR) is 98.7 cm³/mol. The number of nitrogen functional groups attached to an aromatic ring is 1. The zero-order valence-corrected chi connectivity index (χ0v) is 14.7. The first-order valence-corrected chi connectivity index (χ1v) is 8.49. The molecule has 1 aromatic carbocycles. The lowest BCUT2D eigenvalue weighted by Crippen LogP contribution is -2.06. The molecule has 1 rings (SSSR count). The highest BCUT2D eigenvalue weighted by Gasteiger charge is 2.19. The normalized spacial score (nSPS) is 11.4. The summed E-state index contributed by atoms with van der Waals surface area (Å²) in [6.45, 7) is 1.87. The lowest BCUT2D eigenvalue weighted by atomic mass is 9.96. The van der Waals surface area contributed by atoms with Crippen molar-refractivity contribution in [2.24, 2.45) is 0 Å². The maximum atomic E-state index is 12.4. The van der Waals surface area contributed by atoms with Crippen molar-refractivity contribution in [1.82, 2.24) is 0 Å². The molecule has 3 N–H and O–H groups in total. The molecular formula is C19H24ClNO3. The van der Waals surface area contributed by atoms with Gasteiger partial charge in [0.15, 0.2) is 5.78 Å². The molecule has 0 unspecified atom stereocenters. The van der Waals surface area contributed by atoms with E-state index in [0.29, 0.717) is 35.4 Å². The van der Waals surface area contributed by atoms with Gasteiger partial charge in [0.05, 0.1) is 16.3 Å². The summed E-state index contributed by atoms with van der Waals surface area (Å²) in [4.78, 5) is 22.5. The number of anilines is 1. The molecule has 0 fully saturated rings. The fraction of sp³-hybridized carbons (Fsp3) is 0.368. The molecule has 5 heteroatoms. The maximum Gasteiger partial charge on any atom is 0.166 e. The number of rotatable bonds is 10. The van der Waals surface area contributed by atoms with Crippen LogP contribution in [0.15, 0.2) is 30.4 Å². The molecule has 0 bridgehead atoms. The number of hydrogen-bond acceptors (Lipinski definition) is 4. The highest BCUT2D eigenvalue weighted by Crippen LogP contribution is 2.34. The van der Waals surface area contributed by atoms with Gasteiger partial charge in [0, 0.05) is 12.5 Å². The van der Waals surface area contributed by atoms with E-state index in [1.165, 1.54) is 12.1 Å². The van der Waals surface area contributed by atoms with Crippen LogP contribution in [0.4, 0.5) is 5.69 Å². The third-order valence-electron chi connectivity index (χ3n) is 3.66. The molecule has 0 spiro atoms. The van der Waals surface area contributed by atoms with E-state index in [1.54, 1.807) is 0 Å². The number of Topliss-reactive ketones (excluding diaryl/α,β-unsaturated/α-hetero) is 1. The maximum absolute atomic E-state index is 12.4. The summed E-state index contributed by atoms with van der Waals surface area (Å²) < 4.78 is 0. The molecule has 0 saturated heterocycles. The van der Waals surface area contributed by atoms with Crippen molar-refractivity contribution in [3.05, 3.63) is 46.5 Å². The Balaban J connectivity index is 2.55. The summed E-state index contributed by atoms with van der Waals surface area (Å²) in [7, 11) is 0. The Morgan fingerprint density at radius 2 is 1.92 bits per heavy atom. The number of phenolic OH excluding ortho intramolecular Hbond substituents is 1. The Morgan fingerprint density at radius 1 is 1.25 bits per heavy atom. The third kappa shape index (κ3) is 5.85. The van der Waals surface area contributed by atoms with E-state index in [-0.39, 0.29) is 17.2 Å².